The van der Waals surface area contributed by atoms with E-state index >= 15 is 0 Å². The van der Waals surface area contributed by atoms with Crippen LogP contribution in [0.1, 0.15) is 44.1 Å². The standard InChI is InChI=1S/C15H17BrN2O/c16-13-7-6-12(10-17)14(9-13)18-15(19)8-11-4-2-1-3-5-11/h6-7,9,11H,1-5,8H2,(H,18,19). The Morgan fingerprint density at radius 2 is 2.11 bits per heavy atom. The fraction of sp³-hybridized carbons (Fsp3) is 0.467. The maximum absolute atomic E-state index is 12.0. The highest BCUT2D eigenvalue weighted by Gasteiger charge is 2.17. The van der Waals surface area contributed by atoms with Crippen molar-refractivity contribution in [2.45, 2.75) is 38.5 Å². The zero-order valence-corrected chi connectivity index (χ0v) is 12.4. The highest BCUT2D eigenvalue weighted by Crippen LogP contribution is 2.27. The van der Waals surface area contributed by atoms with Gasteiger partial charge in [0.25, 0.3) is 0 Å². The van der Waals surface area contributed by atoms with E-state index in [1.54, 1.807) is 18.2 Å². The molecule has 1 aliphatic rings. The minimum atomic E-state index is 0.0153. The predicted octanol–water partition coefficient (Wildman–Crippen LogP) is 4.23. The molecule has 1 fully saturated rings. The van der Waals surface area contributed by atoms with Gasteiger partial charge in [-0.15, -0.1) is 0 Å². The summed E-state index contributed by atoms with van der Waals surface area (Å²) in [6.07, 6.45) is 6.63. The van der Waals surface area contributed by atoms with Crippen LogP contribution in [0.25, 0.3) is 0 Å². The Kier molecular flexibility index (Phi) is 4.98. The van der Waals surface area contributed by atoms with E-state index in [-0.39, 0.29) is 5.91 Å². The van der Waals surface area contributed by atoms with Crippen LogP contribution >= 0.6 is 15.9 Å². The summed E-state index contributed by atoms with van der Waals surface area (Å²) in [5.41, 5.74) is 1.10. The molecular formula is C15H17BrN2O. The van der Waals surface area contributed by atoms with E-state index < -0.39 is 0 Å². The van der Waals surface area contributed by atoms with Gasteiger partial charge in [0.15, 0.2) is 0 Å². The van der Waals surface area contributed by atoms with E-state index in [9.17, 15) is 4.79 Å². The van der Waals surface area contributed by atoms with Crippen molar-refractivity contribution in [1.29, 1.82) is 5.26 Å². The van der Waals surface area contributed by atoms with Gasteiger partial charge in [0.05, 0.1) is 11.3 Å². The monoisotopic (exact) mass is 320 g/mol. The van der Waals surface area contributed by atoms with E-state index in [0.717, 1.165) is 17.3 Å². The van der Waals surface area contributed by atoms with Gasteiger partial charge in [0.2, 0.25) is 5.91 Å². The summed E-state index contributed by atoms with van der Waals surface area (Å²) < 4.78 is 0.861. The molecule has 0 radical (unpaired) electrons. The van der Waals surface area contributed by atoms with Gasteiger partial charge in [-0.05, 0) is 37.0 Å². The molecule has 0 aromatic heterocycles. The number of carbonyl (C=O) groups excluding carboxylic acids is 1. The van der Waals surface area contributed by atoms with Crippen LogP contribution in [0.5, 0.6) is 0 Å². The molecule has 2 rings (SSSR count). The number of nitrogens with one attached hydrogen (secondary N) is 1. The topological polar surface area (TPSA) is 52.9 Å². The number of hydrogen-bond acceptors (Lipinski definition) is 2. The van der Waals surface area contributed by atoms with Gasteiger partial charge < -0.3 is 5.32 Å². The van der Waals surface area contributed by atoms with Gasteiger partial charge >= 0.3 is 0 Å². The van der Waals surface area contributed by atoms with Crippen molar-refractivity contribution in [1.82, 2.24) is 0 Å². The first-order valence-corrected chi connectivity index (χ1v) is 7.48. The van der Waals surface area contributed by atoms with Crippen LogP contribution in [0.15, 0.2) is 22.7 Å². The average molecular weight is 321 g/mol. The summed E-state index contributed by atoms with van der Waals surface area (Å²) in [5, 5.41) is 11.9. The molecule has 1 aromatic rings. The van der Waals surface area contributed by atoms with Gasteiger partial charge in [-0.1, -0.05) is 35.2 Å². The third-order valence-corrected chi connectivity index (χ3v) is 4.07. The van der Waals surface area contributed by atoms with E-state index in [0.29, 0.717) is 23.6 Å². The van der Waals surface area contributed by atoms with Crippen molar-refractivity contribution in [3.63, 3.8) is 0 Å². The molecule has 0 spiro atoms. The van der Waals surface area contributed by atoms with E-state index in [1.165, 1.54) is 19.3 Å². The molecule has 0 atom stereocenters. The lowest BCUT2D eigenvalue weighted by molar-refractivity contribution is -0.117. The van der Waals surface area contributed by atoms with Crippen LogP contribution in [0, 0.1) is 17.2 Å². The van der Waals surface area contributed by atoms with Crippen LogP contribution in [0.2, 0.25) is 0 Å². The predicted molar refractivity (Wildman–Crippen MR) is 78.7 cm³/mol. The second-order valence-corrected chi connectivity index (χ2v) is 5.97. The van der Waals surface area contributed by atoms with E-state index in [1.807, 2.05) is 0 Å². The van der Waals surface area contributed by atoms with Crippen LogP contribution in [0.4, 0.5) is 5.69 Å². The Balaban J connectivity index is 1.98. The number of amides is 1. The fourth-order valence-electron chi connectivity index (χ4n) is 2.57. The van der Waals surface area contributed by atoms with E-state index in [2.05, 4.69) is 27.3 Å². The molecule has 1 aromatic carbocycles. The molecule has 3 nitrogen and oxygen atoms in total. The van der Waals surface area contributed by atoms with Crippen LogP contribution < -0.4 is 5.32 Å². The highest BCUT2D eigenvalue weighted by atomic mass is 79.9. The SMILES string of the molecule is N#Cc1ccc(Br)cc1NC(=O)CC1CCCCC1. The maximum atomic E-state index is 12.0. The van der Waals surface area contributed by atoms with Crippen LogP contribution in [-0.2, 0) is 4.79 Å². The Bertz CT molecular complexity index is 501. The largest absolute Gasteiger partial charge is 0.325 e. The zero-order chi connectivity index (χ0) is 13.7. The molecule has 0 saturated heterocycles. The van der Waals surface area contributed by atoms with Crippen molar-refractivity contribution in [2.75, 3.05) is 5.32 Å². The summed E-state index contributed by atoms with van der Waals surface area (Å²) in [4.78, 5) is 12.0. The zero-order valence-electron chi connectivity index (χ0n) is 10.8. The third kappa shape index (κ3) is 4.07. The van der Waals surface area contributed by atoms with Crippen LogP contribution in [0.3, 0.4) is 0 Å². The summed E-state index contributed by atoms with van der Waals surface area (Å²) in [5.74, 6) is 0.521. The van der Waals surface area contributed by atoms with Gasteiger partial charge in [-0.25, -0.2) is 0 Å². The average Bonchev–Trinajstić information content (AvgIpc) is 2.40. The normalized spacial score (nSPS) is 15.8. The second-order valence-electron chi connectivity index (χ2n) is 5.06. The number of hydrogen-bond donors (Lipinski definition) is 1. The summed E-state index contributed by atoms with van der Waals surface area (Å²) in [6.45, 7) is 0. The molecule has 19 heavy (non-hydrogen) atoms. The quantitative estimate of drug-likeness (QED) is 0.906. The highest BCUT2D eigenvalue weighted by molar-refractivity contribution is 9.10. The van der Waals surface area contributed by atoms with Gasteiger partial charge in [-0.3, -0.25) is 4.79 Å². The van der Waals surface area contributed by atoms with Crippen molar-refractivity contribution >= 4 is 27.5 Å². The molecule has 0 bridgehead atoms. The molecule has 1 saturated carbocycles. The van der Waals surface area contributed by atoms with Crippen molar-refractivity contribution < 1.29 is 4.79 Å². The first-order chi connectivity index (χ1) is 9.19. The summed E-state index contributed by atoms with van der Waals surface area (Å²) in [7, 11) is 0. The molecular weight excluding hydrogens is 304 g/mol. The lowest BCUT2D eigenvalue weighted by Crippen LogP contribution is -2.18. The Labute approximate surface area is 122 Å². The molecule has 1 aliphatic carbocycles. The Hall–Kier alpha value is -1.34. The summed E-state index contributed by atoms with van der Waals surface area (Å²) >= 11 is 3.35. The minimum absolute atomic E-state index is 0.0153. The number of carbonyl (C=O) groups is 1. The number of benzene rings is 1. The Morgan fingerprint density at radius 1 is 1.37 bits per heavy atom. The third-order valence-electron chi connectivity index (χ3n) is 3.57. The van der Waals surface area contributed by atoms with Crippen molar-refractivity contribution in [3.05, 3.63) is 28.2 Å². The number of rotatable bonds is 3. The lowest BCUT2D eigenvalue weighted by atomic mass is 9.87. The number of nitriles is 1. The molecule has 0 heterocycles. The molecule has 0 aliphatic heterocycles. The lowest BCUT2D eigenvalue weighted by Gasteiger charge is -2.21. The summed E-state index contributed by atoms with van der Waals surface area (Å²) in [6, 6.07) is 7.38. The first-order valence-electron chi connectivity index (χ1n) is 6.68. The number of nitrogens with zero attached hydrogens (tertiary/aromatic N) is 1. The van der Waals surface area contributed by atoms with Gasteiger partial charge in [-0.2, -0.15) is 5.26 Å². The number of halogens is 1. The Morgan fingerprint density at radius 3 is 2.79 bits per heavy atom. The van der Waals surface area contributed by atoms with E-state index in [4.69, 9.17) is 5.26 Å². The molecule has 1 amide bonds. The van der Waals surface area contributed by atoms with Gasteiger partial charge in [0, 0.05) is 10.9 Å². The van der Waals surface area contributed by atoms with Gasteiger partial charge in [0.1, 0.15) is 6.07 Å². The van der Waals surface area contributed by atoms with Crippen LogP contribution in [-0.4, -0.2) is 5.91 Å². The van der Waals surface area contributed by atoms with Crippen molar-refractivity contribution in [3.8, 4) is 6.07 Å². The fourth-order valence-corrected chi connectivity index (χ4v) is 2.93. The first kappa shape index (κ1) is 14.1. The van der Waals surface area contributed by atoms with Crippen molar-refractivity contribution in [2.24, 2.45) is 5.92 Å². The second kappa shape index (κ2) is 6.72. The maximum Gasteiger partial charge on any atom is 0.224 e. The smallest absolute Gasteiger partial charge is 0.224 e. The molecule has 1 N–H and O–H groups in total. The number of anilines is 1. The minimum Gasteiger partial charge on any atom is -0.325 e. The molecule has 0 unspecified atom stereocenters. The molecule has 4 heteroatoms. The molecule has 100 valence electrons.